The van der Waals surface area contributed by atoms with Gasteiger partial charge in [0.2, 0.25) is 5.78 Å². The van der Waals surface area contributed by atoms with Gasteiger partial charge in [-0.2, -0.15) is 8.42 Å². The van der Waals surface area contributed by atoms with Crippen molar-refractivity contribution in [1.29, 1.82) is 0 Å². The highest BCUT2D eigenvalue weighted by atomic mass is 35.5. The molecule has 2 aliphatic rings. The second-order valence-electron chi connectivity index (χ2n) is 7.25. The van der Waals surface area contributed by atoms with Crippen LogP contribution in [0.25, 0.3) is 0 Å². The van der Waals surface area contributed by atoms with Crippen LogP contribution in [0.1, 0.15) is 46.4 Å². The molecule has 0 unspecified atom stereocenters. The number of esters is 1. The van der Waals surface area contributed by atoms with Crippen LogP contribution in [0.3, 0.4) is 0 Å². The number of Topliss-reactive ketones (excluding diaryl/α,β-unsaturated/α-hetero) is 1. The van der Waals surface area contributed by atoms with Crippen LogP contribution in [0.5, 0.6) is 0 Å². The predicted octanol–water partition coefficient (Wildman–Crippen LogP) is 4.51. The highest BCUT2D eigenvalue weighted by Gasteiger charge is 2.32. The molecule has 2 aromatic rings. The maximum atomic E-state index is 12.7. The van der Waals surface area contributed by atoms with E-state index >= 15 is 0 Å². The molecule has 2 aromatic carbocycles. The first-order chi connectivity index (χ1) is 14.8. The Morgan fingerprint density at radius 2 is 1.87 bits per heavy atom. The van der Waals surface area contributed by atoms with Crippen molar-refractivity contribution in [1.82, 2.24) is 0 Å². The molecular weight excluding hydrogens is 463 g/mol. The minimum absolute atomic E-state index is 0.0193. The summed E-state index contributed by atoms with van der Waals surface area (Å²) in [5.74, 6) is -0.785. The molecule has 0 amide bonds. The summed E-state index contributed by atoms with van der Waals surface area (Å²) in [6.45, 7) is 0.125. The summed E-state index contributed by atoms with van der Waals surface area (Å²) < 4.78 is 34.4. The lowest BCUT2D eigenvalue weighted by Gasteiger charge is -2.29. The van der Waals surface area contributed by atoms with E-state index in [1.807, 2.05) is 4.90 Å². The molecule has 162 valence electrons. The third kappa shape index (κ3) is 4.46. The summed E-state index contributed by atoms with van der Waals surface area (Å²) in [6, 6.07) is 8.70. The molecule has 4 rings (SSSR count). The molecule has 7 nitrogen and oxygen atoms in total. The highest BCUT2D eigenvalue weighted by Crippen LogP contribution is 2.35. The Hall–Kier alpha value is -2.42. The molecule has 1 fully saturated rings. The van der Waals surface area contributed by atoms with Crippen molar-refractivity contribution < 1.29 is 22.7 Å². The van der Waals surface area contributed by atoms with Gasteiger partial charge in [-0.1, -0.05) is 29.6 Å². The molecule has 31 heavy (non-hydrogen) atoms. The monoisotopic (exact) mass is 480 g/mol. The van der Waals surface area contributed by atoms with E-state index in [1.165, 1.54) is 30.3 Å². The molecule has 0 saturated carbocycles. The topological polar surface area (TPSA) is 93.1 Å². The first kappa shape index (κ1) is 21.8. The van der Waals surface area contributed by atoms with E-state index < -0.39 is 28.4 Å². The number of amidine groups is 1. The Morgan fingerprint density at radius 3 is 2.65 bits per heavy atom. The van der Waals surface area contributed by atoms with Crippen LogP contribution in [0.15, 0.2) is 45.7 Å². The molecule has 0 aromatic heterocycles. The molecule has 0 N–H and O–H groups in total. The van der Waals surface area contributed by atoms with Gasteiger partial charge in [-0.15, -0.1) is 4.40 Å². The van der Waals surface area contributed by atoms with E-state index in [4.69, 9.17) is 27.9 Å². The average molecular weight is 481 g/mol. The summed E-state index contributed by atoms with van der Waals surface area (Å²) in [7, 11) is -3.93. The standard InChI is InChI=1S/C21H18Cl2N2O5S/c22-14-6-7-15(16(23)11-14)18(26)12-30-21(27)13-5-8-17-19(10-13)31(28,29)24-20-4-2-1-3-9-25(17)20/h5-8,10-11H,1-4,9,12H2. The smallest absolute Gasteiger partial charge is 0.338 e. The lowest BCUT2D eigenvalue weighted by atomic mass is 10.1. The second kappa shape index (κ2) is 8.61. The number of anilines is 1. The number of rotatable bonds is 4. The van der Waals surface area contributed by atoms with Crippen molar-refractivity contribution in [2.75, 3.05) is 18.1 Å². The van der Waals surface area contributed by atoms with Gasteiger partial charge in [0.1, 0.15) is 10.7 Å². The van der Waals surface area contributed by atoms with Gasteiger partial charge < -0.3 is 9.64 Å². The lowest BCUT2D eigenvalue weighted by Crippen LogP contribution is -2.35. The van der Waals surface area contributed by atoms with Crippen LogP contribution >= 0.6 is 23.2 Å². The third-order valence-corrected chi connectivity index (χ3v) is 7.03. The van der Waals surface area contributed by atoms with Crippen LogP contribution in [-0.2, 0) is 14.8 Å². The van der Waals surface area contributed by atoms with Crippen molar-refractivity contribution in [2.45, 2.75) is 30.6 Å². The minimum atomic E-state index is -3.93. The van der Waals surface area contributed by atoms with Crippen molar-refractivity contribution in [3.05, 3.63) is 57.6 Å². The normalized spacial score (nSPS) is 17.1. The molecule has 1 saturated heterocycles. The van der Waals surface area contributed by atoms with Gasteiger partial charge in [0.15, 0.2) is 6.61 Å². The fourth-order valence-corrected chi connectivity index (χ4v) is 5.41. The summed E-state index contributed by atoms with van der Waals surface area (Å²) in [5.41, 5.74) is 0.702. The number of hydrogen-bond acceptors (Lipinski definition) is 6. The molecule has 0 radical (unpaired) electrons. The number of fused-ring (bicyclic) bond motifs is 3. The quantitative estimate of drug-likeness (QED) is 0.471. The van der Waals surface area contributed by atoms with Crippen molar-refractivity contribution in [3.8, 4) is 0 Å². The Bertz CT molecular complexity index is 1210. The van der Waals surface area contributed by atoms with Gasteiger partial charge in [-0.25, -0.2) is 4.79 Å². The zero-order chi connectivity index (χ0) is 22.2. The number of sulfonamides is 1. The summed E-state index contributed by atoms with van der Waals surface area (Å²) in [4.78, 5) is 26.6. The van der Waals surface area contributed by atoms with Crippen molar-refractivity contribution in [2.24, 2.45) is 4.40 Å². The molecule has 0 aliphatic carbocycles. The van der Waals surface area contributed by atoms with E-state index in [1.54, 1.807) is 6.07 Å². The zero-order valence-corrected chi connectivity index (χ0v) is 18.6. The van der Waals surface area contributed by atoms with Crippen LogP contribution in [0.4, 0.5) is 5.69 Å². The molecule has 0 atom stereocenters. The molecule has 2 heterocycles. The molecule has 2 aliphatic heterocycles. The van der Waals surface area contributed by atoms with Crippen LogP contribution in [0, 0.1) is 0 Å². The van der Waals surface area contributed by atoms with Gasteiger partial charge in [-0.05, 0) is 49.2 Å². The molecule has 0 bridgehead atoms. The minimum Gasteiger partial charge on any atom is -0.454 e. The Labute approximate surface area is 189 Å². The van der Waals surface area contributed by atoms with E-state index in [2.05, 4.69) is 4.40 Å². The first-order valence-corrected chi connectivity index (χ1v) is 11.9. The zero-order valence-electron chi connectivity index (χ0n) is 16.3. The fraction of sp³-hybridized carbons (Fsp3) is 0.286. The van der Waals surface area contributed by atoms with Gasteiger partial charge in [0, 0.05) is 23.6 Å². The molecule has 10 heteroatoms. The first-order valence-electron chi connectivity index (χ1n) is 9.67. The largest absolute Gasteiger partial charge is 0.454 e. The number of benzene rings is 2. The van der Waals surface area contributed by atoms with Gasteiger partial charge in [0.25, 0.3) is 10.0 Å². The fourth-order valence-electron chi connectivity index (χ4n) is 3.61. The summed E-state index contributed by atoms with van der Waals surface area (Å²) in [5, 5.41) is 0.531. The van der Waals surface area contributed by atoms with Crippen LogP contribution in [-0.4, -0.2) is 39.2 Å². The number of carbonyl (C=O) groups is 2. The molecular formula is C21H18Cl2N2O5S. The Morgan fingerprint density at radius 1 is 1.06 bits per heavy atom. The number of ketones is 1. The van der Waals surface area contributed by atoms with Gasteiger partial charge in [-0.3, -0.25) is 4.79 Å². The number of hydrogen-bond donors (Lipinski definition) is 0. The highest BCUT2D eigenvalue weighted by molar-refractivity contribution is 7.90. The second-order valence-corrected chi connectivity index (χ2v) is 9.67. The van der Waals surface area contributed by atoms with E-state index in [0.29, 0.717) is 29.5 Å². The maximum Gasteiger partial charge on any atom is 0.338 e. The average Bonchev–Trinajstić information content (AvgIpc) is 2.96. The Kier molecular flexibility index (Phi) is 6.05. The van der Waals surface area contributed by atoms with Crippen LogP contribution in [0.2, 0.25) is 10.0 Å². The predicted molar refractivity (Wildman–Crippen MR) is 118 cm³/mol. The van der Waals surface area contributed by atoms with E-state index in [-0.39, 0.29) is 21.0 Å². The number of nitrogens with zero attached hydrogens (tertiary/aromatic N) is 2. The summed E-state index contributed by atoms with van der Waals surface area (Å²) in [6.07, 6.45) is 3.41. The molecule has 0 spiro atoms. The van der Waals surface area contributed by atoms with E-state index in [9.17, 15) is 18.0 Å². The number of carbonyl (C=O) groups excluding carboxylic acids is 2. The lowest BCUT2D eigenvalue weighted by molar-refractivity contribution is 0.0474. The number of ether oxygens (including phenoxy) is 1. The number of halogens is 2. The van der Waals surface area contributed by atoms with Crippen molar-refractivity contribution >= 4 is 56.5 Å². The maximum absolute atomic E-state index is 12.7. The Balaban J connectivity index is 1.54. The van der Waals surface area contributed by atoms with E-state index in [0.717, 1.165) is 19.3 Å². The summed E-state index contributed by atoms with van der Waals surface area (Å²) >= 11 is 11.8. The van der Waals surface area contributed by atoms with Crippen LogP contribution < -0.4 is 4.90 Å². The van der Waals surface area contributed by atoms with Gasteiger partial charge >= 0.3 is 5.97 Å². The van der Waals surface area contributed by atoms with Gasteiger partial charge in [0.05, 0.1) is 16.3 Å². The van der Waals surface area contributed by atoms with Crippen molar-refractivity contribution in [3.63, 3.8) is 0 Å². The third-order valence-electron chi connectivity index (χ3n) is 5.15. The SMILES string of the molecule is O=C(OCC(=O)c1ccc(Cl)cc1Cl)c1ccc2c(c1)S(=O)(=O)N=C1CCCCCN12.